The number of amides is 1. The summed E-state index contributed by atoms with van der Waals surface area (Å²) in [6.07, 6.45) is 1.12. The van der Waals surface area contributed by atoms with Crippen molar-refractivity contribution in [2.45, 2.75) is 32.1 Å². The minimum absolute atomic E-state index is 0.0208. The average Bonchev–Trinajstić information content (AvgIpc) is 2.73. The number of benzene rings is 1. The van der Waals surface area contributed by atoms with Gasteiger partial charge in [0.05, 0.1) is 18.1 Å². The lowest BCUT2D eigenvalue weighted by atomic mass is 10.00. The largest absolute Gasteiger partial charge is 0.371 e. The predicted molar refractivity (Wildman–Crippen MR) is 77.3 cm³/mol. The van der Waals surface area contributed by atoms with Crippen LogP contribution < -0.4 is 5.32 Å². The van der Waals surface area contributed by atoms with E-state index in [9.17, 15) is 4.79 Å². The minimum Gasteiger partial charge on any atom is -0.371 e. The Morgan fingerprint density at radius 1 is 1.45 bits per heavy atom. The van der Waals surface area contributed by atoms with E-state index in [-0.39, 0.29) is 24.0 Å². The molecule has 3 rings (SSSR count). The van der Waals surface area contributed by atoms with E-state index in [4.69, 9.17) is 4.74 Å². The van der Waals surface area contributed by atoms with E-state index in [0.29, 0.717) is 0 Å². The van der Waals surface area contributed by atoms with Gasteiger partial charge in [0, 0.05) is 26.7 Å². The van der Waals surface area contributed by atoms with E-state index in [0.717, 1.165) is 26.1 Å². The molecule has 1 aromatic rings. The summed E-state index contributed by atoms with van der Waals surface area (Å²) in [5, 5.41) is 2.75. The molecule has 108 valence electrons. The number of hydrogen-bond acceptors (Lipinski definition) is 3. The molecule has 2 aliphatic heterocycles. The number of aryl methyl sites for hydroxylation is 1. The van der Waals surface area contributed by atoms with Gasteiger partial charge in [-0.05, 0) is 18.9 Å². The fourth-order valence-electron chi connectivity index (χ4n) is 3.40. The van der Waals surface area contributed by atoms with E-state index < -0.39 is 0 Å². The smallest absolute Gasteiger partial charge is 0.225 e. The zero-order chi connectivity index (χ0) is 14.1. The third-order valence-corrected chi connectivity index (χ3v) is 4.30. The van der Waals surface area contributed by atoms with Crippen LogP contribution in [-0.4, -0.2) is 43.2 Å². The van der Waals surface area contributed by atoms with Gasteiger partial charge in [0.1, 0.15) is 0 Å². The number of likely N-dealkylation sites (tertiary alicyclic amines) is 1. The van der Waals surface area contributed by atoms with Gasteiger partial charge < -0.3 is 10.1 Å². The maximum atomic E-state index is 11.9. The molecule has 2 aliphatic rings. The Morgan fingerprint density at radius 2 is 2.30 bits per heavy atom. The molecule has 2 bridgehead atoms. The molecule has 0 aliphatic carbocycles. The molecule has 0 spiro atoms. The number of carbonyl (C=O) groups excluding carboxylic acids is 1. The van der Waals surface area contributed by atoms with Crippen molar-refractivity contribution in [3.63, 3.8) is 0 Å². The summed E-state index contributed by atoms with van der Waals surface area (Å²) >= 11 is 0. The van der Waals surface area contributed by atoms with Crippen LogP contribution in [0.3, 0.4) is 0 Å². The summed E-state index contributed by atoms with van der Waals surface area (Å²) in [6, 6.07) is 8.62. The van der Waals surface area contributed by atoms with Crippen molar-refractivity contribution in [1.29, 1.82) is 0 Å². The molecule has 2 saturated heterocycles. The van der Waals surface area contributed by atoms with Gasteiger partial charge >= 0.3 is 0 Å². The van der Waals surface area contributed by atoms with Gasteiger partial charge in [0.25, 0.3) is 0 Å². The second-order valence-corrected chi connectivity index (χ2v) is 5.94. The van der Waals surface area contributed by atoms with Gasteiger partial charge in [-0.15, -0.1) is 0 Å². The van der Waals surface area contributed by atoms with Crippen molar-refractivity contribution in [3.05, 3.63) is 35.4 Å². The molecule has 3 atom stereocenters. The first kappa shape index (κ1) is 13.6. The van der Waals surface area contributed by atoms with Crippen molar-refractivity contribution in [2.75, 3.05) is 20.1 Å². The minimum atomic E-state index is 0.0208. The Bertz CT molecular complexity index is 503. The molecule has 1 amide bonds. The first-order chi connectivity index (χ1) is 9.65. The highest BCUT2D eigenvalue weighted by Gasteiger charge is 2.44. The maximum absolute atomic E-state index is 11.9. The average molecular weight is 274 g/mol. The van der Waals surface area contributed by atoms with Crippen LogP contribution in [0, 0.1) is 12.8 Å². The Labute approximate surface area is 120 Å². The van der Waals surface area contributed by atoms with E-state index in [2.05, 4.69) is 41.4 Å². The van der Waals surface area contributed by atoms with Gasteiger partial charge in [-0.25, -0.2) is 0 Å². The first-order valence-electron chi connectivity index (χ1n) is 7.30. The SMILES string of the molecule is CNC(=O)[C@@H]1C[C@H]2CN(Cc3cccc(C)c3)C[C@@H]1O2. The van der Waals surface area contributed by atoms with Gasteiger partial charge in [0.15, 0.2) is 0 Å². The van der Waals surface area contributed by atoms with Crippen LogP contribution in [0.5, 0.6) is 0 Å². The first-order valence-corrected chi connectivity index (χ1v) is 7.30. The van der Waals surface area contributed by atoms with E-state index in [1.807, 2.05) is 0 Å². The Hall–Kier alpha value is -1.39. The molecule has 0 unspecified atom stereocenters. The van der Waals surface area contributed by atoms with E-state index in [1.54, 1.807) is 7.05 Å². The molecule has 2 heterocycles. The molecular formula is C16H22N2O2. The summed E-state index contributed by atoms with van der Waals surface area (Å²) in [7, 11) is 1.70. The topological polar surface area (TPSA) is 41.6 Å². The lowest BCUT2D eigenvalue weighted by Gasteiger charge is -2.32. The molecule has 4 nitrogen and oxygen atoms in total. The number of ether oxygens (including phenoxy) is 1. The summed E-state index contributed by atoms with van der Waals surface area (Å²) in [5.74, 6) is 0.141. The van der Waals surface area contributed by atoms with Gasteiger partial charge in [-0.1, -0.05) is 29.8 Å². The number of morpholine rings is 1. The van der Waals surface area contributed by atoms with Gasteiger partial charge in [-0.2, -0.15) is 0 Å². The third-order valence-electron chi connectivity index (χ3n) is 4.30. The quantitative estimate of drug-likeness (QED) is 0.904. The number of carbonyl (C=O) groups is 1. The molecule has 20 heavy (non-hydrogen) atoms. The molecule has 2 fully saturated rings. The maximum Gasteiger partial charge on any atom is 0.225 e. The highest BCUT2D eigenvalue weighted by molar-refractivity contribution is 5.79. The molecule has 1 N–H and O–H groups in total. The monoisotopic (exact) mass is 274 g/mol. The molecule has 0 radical (unpaired) electrons. The molecule has 1 aromatic carbocycles. The standard InChI is InChI=1S/C16H22N2O2/c1-11-4-3-5-12(6-11)8-18-9-13-7-14(16(19)17-2)15(10-18)20-13/h3-6,13-15H,7-10H2,1-2H3,(H,17,19)/t13-,14+,15-/m0/s1. The zero-order valence-corrected chi connectivity index (χ0v) is 12.1. The predicted octanol–water partition coefficient (Wildman–Crippen LogP) is 1.33. The van der Waals surface area contributed by atoms with Crippen LogP contribution in [0.25, 0.3) is 0 Å². The number of nitrogens with one attached hydrogen (secondary N) is 1. The molecule has 0 aromatic heterocycles. The Balaban J connectivity index is 1.65. The van der Waals surface area contributed by atoms with Crippen molar-refractivity contribution in [1.82, 2.24) is 10.2 Å². The number of fused-ring (bicyclic) bond motifs is 2. The van der Waals surface area contributed by atoms with Gasteiger partial charge in [-0.3, -0.25) is 9.69 Å². The highest BCUT2D eigenvalue weighted by Crippen LogP contribution is 2.32. The van der Waals surface area contributed by atoms with Crippen LogP contribution in [0.4, 0.5) is 0 Å². The van der Waals surface area contributed by atoms with Gasteiger partial charge in [0.2, 0.25) is 5.91 Å². The molecular weight excluding hydrogens is 252 g/mol. The summed E-state index contributed by atoms with van der Waals surface area (Å²) in [5.41, 5.74) is 2.63. The lowest BCUT2D eigenvalue weighted by molar-refractivity contribution is -0.127. The van der Waals surface area contributed by atoms with Crippen molar-refractivity contribution in [3.8, 4) is 0 Å². The second kappa shape index (κ2) is 5.54. The fourth-order valence-corrected chi connectivity index (χ4v) is 3.40. The lowest BCUT2D eigenvalue weighted by Crippen LogP contribution is -2.44. The van der Waals surface area contributed by atoms with Crippen LogP contribution in [0.1, 0.15) is 17.5 Å². The summed E-state index contributed by atoms with van der Waals surface area (Å²) in [4.78, 5) is 14.3. The Morgan fingerprint density at radius 3 is 3.05 bits per heavy atom. The normalized spacial score (nSPS) is 29.4. The van der Waals surface area contributed by atoms with Crippen LogP contribution >= 0.6 is 0 Å². The van der Waals surface area contributed by atoms with Crippen molar-refractivity contribution >= 4 is 5.91 Å². The molecule has 0 saturated carbocycles. The number of nitrogens with zero attached hydrogens (tertiary/aromatic N) is 1. The highest BCUT2D eigenvalue weighted by atomic mass is 16.5. The zero-order valence-electron chi connectivity index (χ0n) is 12.1. The van der Waals surface area contributed by atoms with Crippen molar-refractivity contribution < 1.29 is 9.53 Å². The van der Waals surface area contributed by atoms with Crippen molar-refractivity contribution in [2.24, 2.45) is 5.92 Å². The Kier molecular flexibility index (Phi) is 3.76. The third kappa shape index (κ3) is 2.72. The van der Waals surface area contributed by atoms with E-state index in [1.165, 1.54) is 11.1 Å². The number of hydrogen-bond donors (Lipinski definition) is 1. The number of rotatable bonds is 3. The van der Waals surface area contributed by atoms with E-state index >= 15 is 0 Å². The fraction of sp³-hybridized carbons (Fsp3) is 0.562. The van der Waals surface area contributed by atoms with Crippen LogP contribution in [0.15, 0.2) is 24.3 Å². The van der Waals surface area contributed by atoms with Crippen LogP contribution in [-0.2, 0) is 16.1 Å². The van der Waals surface area contributed by atoms with Crippen LogP contribution in [0.2, 0.25) is 0 Å². The summed E-state index contributed by atoms with van der Waals surface area (Å²) in [6.45, 7) is 4.84. The molecule has 4 heteroatoms. The second-order valence-electron chi connectivity index (χ2n) is 5.94. The summed E-state index contributed by atoms with van der Waals surface area (Å²) < 4.78 is 5.92.